The van der Waals surface area contributed by atoms with Gasteiger partial charge in [0.15, 0.2) is 5.78 Å². The van der Waals surface area contributed by atoms with Crippen LogP contribution in [0.2, 0.25) is 0 Å². The Balaban J connectivity index is 1.88. The molecule has 0 bridgehead atoms. The summed E-state index contributed by atoms with van der Waals surface area (Å²) in [5, 5.41) is 8.86. The van der Waals surface area contributed by atoms with Gasteiger partial charge in [0.25, 0.3) is 0 Å². The number of ketones is 1. The topological polar surface area (TPSA) is 63.6 Å². The first-order valence-electron chi connectivity index (χ1n) is 10.2. The number of hydrogen-bond donors (Lipinski definition) is 1. The minimum absolute atomic E-state index is 0.0754. The summed E-state index contributed by atoms with van der Waals surface area (Å²) in [6, 6.07) is 14.9. The molecule has 2 aromatic carbocycles. The number of carbonyl (C=O) groups excluding carboxylic acids is 2. The van der Waals surface area contributed by atoms with Crippen molar-refractivity contribution in [3.63, 3.8) is 0 Å². The first kappa shape index (κ1) is 23.3. The lowest BCUT2D eigenvalue weighted by Gasteiger charge is -2.10. The van der Waals surface area contributed by atoms with Gasteiger partial charge in [-0.1, -0.05) is 55.6 Å². The van der Waals surface area contributed by atoms with E-state index in [1.807, 2.05) is 0 Å². The molecule has 0 spiro atoms. The highest BCUT2D eigenvalue weighted by molar-refractivity contribution is 5.89. The second-order valence-electron chi connectivity index (χ2n) is 7.37. The second-order valence-corrected chi connectivity index (χ2v) is 7.37. The molecule has 0 amide bonds. The Kier molecular flexibility index (Phi) is 9.23. The van der Waals surface area contributed by atoms with Crippen molar-refractivity contribution in [1.82, 2.24) is 0 Å². The van der Waals surface area contributed by atoms with Gasteiger partial charge in [-0.3, -0.25) is 4.79 Å². The molecule has 2 rings (SSSR count). The van der Waals surface area contributed by atoms with Crippen molar-refractivity contribution >= 4 is 11.8 Å². The Bertz CT molecular complexity index is 894. The van der Waals surface area contributed by atoms with Crippen molar-refractivity contribution in [3.8, 4) is 11.1 Å². The van der Waals surface area contributed by atoms with Crippen LogP contribution >= 0.6 is 0 Å². The largest absolute Gasteiger partial charge is 0.462 e. The summed E-state index contributed by atoms with van der Waals surface area (Å²) in [7, 11) is 0. The van der Waals surface area contributed by atoms with Crippen molar-refractivity contribution in [1.29, 1.82) is 0 Å². The van der Waals surface area contributed by atoms with Gasteiger partial charge in [0, 0.05) is 6.42 Å². The molecule has 158 valence electrons. The molecular weight excluding hydrogens is 376 g/mol. The van der Waals surface area contributed by atoms with Crippen LogP contribution in [0.25, 0.3) is 11.1 Å². The molecule has 0 fully saturated rings. The number of aliphatic hydroxyl groups excluding tert-OH is 1. The van der Waals surface area contributed by atoms with E-state index in [2.05, 4.69) is 62.5 Å². The molecule has 4 nitrogen and oxygen atoms in total. The Hall–Kier alpha value is -2.98. The lowest BCUT2D eigenvalue weighted by atomic mass is 9.95. The molecule has 1 N–H and O–H groups in total. The number of ether oxygens (including phenoxy) is 1. The Morgan fingerprint density at radius 3 is 2.33 bits per heavy atom. The number of aliphatic hydroxyl groups is 1. The maximum Gasteiger partial charge on any atom is 0.335 e. The SMILES string of the molecule is C=CC(=O)CCCc1ccc(-c2ccc(CCCOC(=O)C(=C)CO)cc2C)cc1. The molecule has 0 unspecified atom stereocenters. The number of aryl methyl sites for hydroxylation is 3. The van der Waals surface area contributed by atoms with Crippen molar-refractivity contribution in [3.05, 3.63) is 84.0 Å². The van der Waals surface area contributed by atoms with Crippen LogP contribution in [0.4, 0.5) is 0 Å². The number of benzene rings is 2. The normalized spacial score (nSPS) is 10.5. The van der Waals surface area contributed by atoms with E-state index in [0.717, 1.165) is 19.3 Å². The van der Waals surface area contributed by atoms with Gasteiger partial charge in [-0.15, -0.1) is 0 Å². The van der Waals surface area contributed by atoms with Crippen LogP contribution in [0.3, 0.4) is 0 Å². The molecule has 4 heteroatoms. The third kappa shape index (κ3) is 7.12. The average molecular weight is 407 g/mol. The smallest absolute Gasteiger partial charge is 0.335 e. The fraction of sp³-hybridized carbons (Fsp3) is 0.308. The molecule has 0 atom stereocenters. The predicted molar refractivity (Wildman–Crippen MR) is 120 cm³/mol. The molecule has 0 saturated carbocycles. The molecule has 0 saturated heterocycles. The van der Waals surface area contributed by atoms with Crippen LogP contribution < -0.4 is 0 Å². The van der Waals surface area contributed by atoms with Gasteiger partial charge < -0.3 is 9.84 Å². The Morgan fingerprint density at radius 1 is 1.03 bits per heavy atom. The predicted octanol–water partition coefficient (Wildman–Crippen LogP) is 4.76. The van der Waals surface area contributed by atoms with Crippen LogP contribution in [0, 0.1) is 6.92 Å². The monoisotopic (exact) mass is 406 g/mol. The van der Waals surface area contributed by atoms with Crippen LogP contribution in [0.5, 0.6) is 0 Å². The second kappa shape index (κ2) is 11.9. The summed E-state index contributed by atoms with van der Waals surface area (Å²) in [6.45, 7) is 8.97. The van der Waals surface area contributed by atoms with Gasteiger partial charge in [0.2, 0.25) is 0 Å². The molecule has 0 aliphatic rings. The zero-order chi connectivity index (χ0) is 21.9. The first-order valence-corrected chi connectivity index (χ1v) is 10.2. The van der Waals surface area contributed by atoms with Crippen LogP contribution in [-0.4, -0.2) is 30.1 Å². The van der Waals surface area contributed by atoms with E-state index in [1.165, 1.54) is 33.9 Å². The Morgan fingerprint density at radius 2 is 1.70 bits per heavy atom. The zero-order valence-corrected chi connectivity index (χ0v) is 17.7. The quantitative estimate of drug-likeness (QED) is 0.313. The van der Waals surface area contributed by atoms with Gasteiger partial charge >= 0.3 is 5.97 Å². The zero-order valence-electron chi connectivity index (χ0n) is 17.7. The van der Waals surface area contributed by atoms with E-state index in [4.69, 9.17) is 9.84 Å². The fourth-order valence-electron chi connectivity index (χ4n) is 3.23. The minimum Gasteiger partial charge on any atom is -0.462 e. The maximum atomic E-state index is 11.5. The van der Waals surface area contributed by atoms with Crippen LogP contribution in [0.1, 0.15) is 36.0 Å². The van der Waals surface area contributed by atoms with Crippen molar-refractivity contribution in [2.24, 2.45) is 0 Å². The molecule has 2 aromatic rings. The molecule has 0 heterocycles. The fourth-order valence-corrected chi connectivity index (χ4v) is 3.23. The third-order valence-corrected chi connectivity index (χ3v) is 4.99. The summed E-state index contributed by atoms with van der Waals surface area (Å²) in [4.78, 5) is 22.8. The highest BCUT2D eigenvalue weighted by atomic mass is 16.5. The van der Waals surface area contributed by atoms with E-state index >= 15 is 0 Å². The number of allylic oxidation sites excluding steroid dienone is 1. The summed E-state index contributed by atoms with van der Waals surface area (Å²) in [5.41, 5.74) is 6.05. The highest BCUT2D eigenvalue weighted by Crippen LogP contribution is 2.25. The standard InChI is InChI=1S/C26H30O4/c1-4-24(28)9-5-7-21-10-13-23(14-11-21)25-15-12-22(17-19(25)2)8-6-16-30-26(29)20(3)18-27/h4,10-15,17,27H,1,3,5-9,16,18H2,2H3. The summed E-state index contributed by atoms with van der Waals surface area (Å²) in [5.74, 6) is -0.448. The number of carbonyl (C=O) groups is 2. The first-order chi connectivity index (χ1) is 14.4. The summed E-state index contributed by atoms with van der Waals surface area (Å²) in [6.07, 6.45) is 5.17. The van der Waals surface area contributed by atoms with E-state index in [9.17, 15) is 9.59 Å². The molecule has 0 aliphatic carbocycles. The summed E-state index contributed by atoms with van der Waals surface area (Å²) < 4.78 is 5.08. The van der Waals surface area contributed by atoms with Crippen molar-refractivity contribution in [2.45, 2.75) is 39.0 Å². The molecule has 0 radical (unpaired) electrons. The van der Waals surface area contributed by atoms with E-state index in [0.29, 0.717) is 19.4 Å². The third-order valence-electron chi connectivity index (χ3n) is 4.99. The van der Waals surface area contributed by atoms with Crippen LogP contribution in [-0.2, 0) is 27.2 Å². The van der Waals surface area contributed by atoms with Gasteiger partial charge in [0.05, 0.1) is 18.8 Å². The average Bonchev–Trinajstić information content (AvgIpc) is 2.76. The molecule has 30 heavy (non-hydrogen) atoms. The highest BCUT2D eigenvalue weighted by Gasteiger charge is 2.07. The van der Waals surface area contributed by atoms with E-state index in [1.54, 1.807) is 0 Å². The van der Waals surface area contributed by atoms with Gasteiger partial charge in [-0.25, -0.2) is 4.79 Å². The number of rotatable bonds is 12. The Labute approximate surface area is 178 Å². The van der Waals surface area contributed by atoms with Crippen molar-refractivity contribution < 1.29 is 19.4 Å². The lowest BCUT2D eigenvalue weighted by molar-refractivity contribution is -0.139. The maximum absolute atomic E-state index is 11.5. The molecule has 0 aromatic heterocycles. The van der Waals surface area contributed by atoms with Gasteiger partial charge in [-0.05, 0) is 66.5 Å². The van der Waals surface area contributed by atoms with Crippen molar-refractivity contribution in [2.75, 3.05) is 13.2 Å². The van der Waals surface area contributed by atoms with Gasteiger partial charge in [0.1, 0.15) is 0 Å². The van der Waals surface area contributed by atoms with E-state index in [-0.39, 0.29) is 18.0 Å². The lowest BCUT2D eigenvalue weighted by Crippen LogP contribution is -2.11. The number of esters is 1. The number of hydrogen-bond acceptors (Lipinski definition) is 4. The summed E-state index contributed by atoms with van der Waals surface area (Å²) >= 11 is 0. The molecule has 0 aliphatic heterocycles. The minimum atomic E-state index is -0.542. The van der Waals surface area contributed by atoms with Gasteiger partial charge in [-0.2, -0.15) is 0 Å². The molecular formula is C26H30O4. The van der Waals surface area contributed by atoms with E-state index < -0.39 is 5.97 Å². The van der Waals surface area contributed by atoms with Crippen LogP contribution in [0.15, 0.2) is 67.3 Å².